The molecule has 1 aliphatic carbocycles. The van der Waals surface area contributed by atoms with Crippen LogP contribution in [-0.4, -0.2) is 22.6 Å². The summed E-state index contributed by atoms with van der Waals surface area (Å²) in [5.74, 6) is 1.11. The normalized spacial score (nSPS) is 28.1. The predicted molar refractivity (Wildman–Crippen MR) is 50.3 cm³/mol. The van der Waals surface area contributed by atoms with Gasteiger partial charge in [-0.25, -0.2) is 0 Å². The largest absolute Gasteiger partial charge is 0.299 e. The van der Waals surface area contributed by atoms with Gasteiger partial charge in [0.2, 0.25) is 0 Å². The quantitative estimate of drug-likeness (QED) is 0.615. The van der Waals surface area contributed by atoms with Crippen LogP contribution in [0.1, 0.15) is 27.2 Å². The van der Waals surface area contributed by atoms with E-state index in [2.05, 4.69) is 0 Å². The molecule has 0 amide bonds. The van der Waals surface area contributed by atoms with Crippen LogP contribution in [0.15, 0.2) is 0 Å². The van der Waals surface area contributed by atoms with Crippen molar-refractivity contribution >= 4 is 23.3 Å². The zero-order valence-electron chi connectivity index (χ0n) is 7.72. The third kappa shape index (κ3) is 1.42. The molecule has 1 atom stereocenters. The number of carbonyl (C=O) groups excluding carboxylic acids is 2. The molecular formula is C9H14O2S. The summed E-state index contributed by atoms with van der Waals surface area (Å²) in [6, 6.07) is 0. The summed E-state index contributed by atoms with van der Waals surface area (Å²) in [5, 5.41) is -0.0718. The van der Waals surface area contributed by atoms with Gasteiger partial charge in [0, 0.05) is 6.42 Å². The van der Waals surface area contributed by atoms with Crippen molar-refractivity contribution in [1.82, 2.24) is 0 Å². The highest BCUT2D eigenvalue weighted by atomic mass is 32.2. The van der Waals surface area contributed by atoms with Crippen molar-refractivity contribution in [3.8, 4) is 0 Å². The van der Waals surface area contributed by atoms with Gasteiger partial charge in [-0.2, -0.15) is 11.8 Å². The lowest BCUT2D eigenvalue weighted by Gasteiger charge is -2.13. The molecule has 1 fully saturated rings. The Labute approximate surface area is 77.1 Å². The summed E-state index contributed by atoms with van der Waals surface area (Å²) < 4.78 is 0. The van der Waals surface area contributed by atoms with Crippen molar-refractivity contribution in [2.45, 2.75) is 32.4 Å². The van der Waals surface area contributed by atoms with E-state index < -0.39 is 5.41 Å². The molecule has 0 spiro atoms. The molecule has 1 rings (SSSR count). The van der Waals surface area contributed by atoms with Crippen LogP contribution in [0.25, 0.3) is 0 Å². The van der Waals surface area contributed by atoms with Crippen LogP contribution in [0.3, 0.4) is 0 Å². The molecule has 0 aromatic carbocycles. The first-order valence-electron chi connectivity index (χ1n) is 4.19. The second-order valence-electron chi connectivity index (χ2n) is 3.56. The van der Waals surface area contributed by atoms with E-state index in [1.807, 2.05) is 6.92 Å². The Balaban J connectivity index is 2.76. The van der Waals surface area contributed by atoms with Crippen molar-refractivity contribution in [1.29, 1.82) is 0 Å². The first-order chi connectivity index (χ1) is 5.50. The Morgan fingerprint density at radius 3 is 2.42 bits per heavy atom. The minimum Gasteiger partial charge on any atom is -0.299 e. The van der Waals surface area contributed by atoms with E-state index in [-0.39, 0.29) is 16.8 Å². The van der Waals surface area contributed by atoms with E-state index in [4.69, 9.17) is 0 Å². The van der Waals surface area contributed by atoms with Crippen molar-refractivity contribution in [2.75, 3.05) is 5.75 Å². The van der Waals surface area contributed by atoms with Crippen LogP contribution >= 0.6 is 11.8 Å². The van der Waals surface area contributed by atoms with Gasteiger partial charge in [0.05, 0.1) is 10.7 Å². The number of hydrogen-bond acceptors (Lipinski definition) is 3. The molecule has 68 valence electrons. The Kier molecular flexibility index (Phi) is 2.61. The van der Waals surface area contributed by atoms with Crippen LogP contribution in [-0.2, 0) is 9.59 Å². The molecule has 0 N–H and O–H groups in total. The van der Waals surface area contributed by atoms with Gasteiger partial charge in [-0.1, -0.05) is 6.92 Å². The van der Waals surface area contributed by atoms with Gasteiger partial charge in [-0.05, 0) is 19.6 Å². The maximum absolute atomic E-state index is 11.6. The molecule has 0 heterocycles. The lowest BCUT2D eigenvalue weighted by atomic mass is 9.90. The Bertz CT molecular complexity index is 221. The highest BCUT2D eigenvalue weighted by molar-refractivity contribution is 8.00. The van der Waals surface area contributed by atoms with Gasteiger partial charge in [-0.15, -0.1) is 0 Å². The van der Waals surface area contributed by atoms with E-state index in [0.717, 1.165) is 5.75 Å². The fraction of sp³-hybridized carbons (Fsp3) is 0.778. The monoisotopic (exact) mass is 186 g/mol. The van der Waals surface area contributed by atoms with Crippen LogP contribution in [0.2, 0.25) is 0 Å². The Hall–Kier alpha value is -0.310. The van der Waals surface area contributed by atoms with Crippen LogP contribution in [0, 0.1) is 5.41 Å². The summed E-state index contributed by atoms with van der Waals surface area (Å²) in [6.45, 7) is 5.47. The maximum atomic E-state index is 11.6. The maximum Gasteiger partial charge on any atom is 0.159 e. The number of carbonyl (C=O) groups is 2. The zero-order valence-corrected chi connectivity index (χ0v) is 8.53. The molecule has 1 aliphatic rings. The molecule has 0 bridgehead atoms. The Morgan fingerprint density at radius 1 is 1.50 bits per heavy atom. The lowest BCUT2D eigenvalue weighted by Crippen LogP contribution is -2.27. The van der Waals surface area contributed by atoms with Crippen molar-refractivity contribution < 1.29 is 9.59 Å². The van der Waals surface area contributed by atoms with Gasteiger partial charge in [0.15, 0.2) is 5.78 Å². The number of hydrogen-bond donors (Lipinski definition) is 0. The van der Waals surface area contributed by atoms with Gasteiger partial charge < -0.3 is 0 Å². The fourth-order valence-electron chi connectivity index (χ4n) is 1.39. The molecule has 3 heteroatoms. The second kappa shape index (κ2) is 3.21. The molecule has 0 aliphatic heterocycles. The minimum absolute atomic E-state index is 0.0718. The molecule has 2 nitrogen and oxygen atoms in total. The van der Waals surface area contributed by atoms with E-state index in [1.54, 1.807) is 25.6 Å². The summed E-state index contributed by atoms with van der Waals surface area (Å²) in [5.41, 5.74) is -0.715. The van der Waals surface area contributed by atoms with E-state index >= 15 is 0 Å². The van der Waals surface area contributed by atoms with Crippen LogP contribution in [0.5, 0.6) is 0 Å². The number of thioether (sulfide) groups is 1. The molecular weight excluding hydrogens is 172 g/mol. The first kappa shape index (κ1) is 9.78. The SMILES string of the molecule is CCSC1CC(=O)C(C)(C)C1=O. The first-order valence-corrected chi connectivity index (χ1v) is 5.24. The van der Waals surface area contributed by atoms with E-state index in [0.29, 0.717) is 6.42 Å². The summed E-state index contributed by atoms with van der Waals surface area (Å²) in [4.78, 5) is 22.9. The van der Waals surface area contributed by atoms with Crippen molar-refractivity contribution in [3.63, 3.8) is 0 Å². The summed E-state index contributed by atoms with van der Waals surface area (Å²) >= 11 is 1.58. The van der Waals surface area contributed by atoms with Crippen molar-refractivity contribution in [2.24, 2.45) is 5.41 Å². The molecule has 1 saturated carbocycles. The highest BCUT2D eigenvalue weighted by Gasteiger charge is 2.47. The predicted octanol–water partition coefficient (Wildman–Crippen LogP) is 1.68. The lowest BCUT2D eigenvalue weighted by molar-refractivity contribution is -0.132. The number of ketones is 2. The van der Waals surface area contributed by atoms with Gasteiger partial charge in [0.25, 0.3) is 0 Å². The third-order valence-corrected chi connectivity index (χ3v) is 3.46. The minimum atomic E-state index is -0.715. The summed E-state index contributed by atoms with van der Waals surface area (Å²) in [6.07, 6.45) is 0.435. The molecule has 1 unspecified atom stereocenters. The molecule has 0 aromatic rings. The van der Waals surface area contributed by atoms with Gasteiger partial charge in [-0.3, -0.25) is 9.59 Å². The summed E-state index contributed by atoms with van der Waals surface area (Å²) in [7, 11) is 0. The highest BCUT2D eigenvalue weighted by Crippen LogP contribution is 2.36. The smallest absolute Gasteiger partial charge is 0.159 e. The molecule has 12 heavy (non-hydrogen) atoms. The average Bonchev–Trinajstić information content (AvgIpc) is 2.17. The molecule has 0 radical (unpaired) electrons. The van der Waals surface area contributed by atoms with Crippen LogP contribution < -0.4 is 0 Å². The van der Waals surface area contributed by atoms with Gasteiger partial charge >= 0.3 is 0 Å². The third-order valence-electron chi connectivity index (χ3n) is 2.34. The molecule has 0 saturated heterocycles. The van der Waals surface area contributed by atoms with Gasteiger partial charge in [0.1, 0.15) is 5.78 Å². The molecule has 0 aromatic heterocycles. The average molecular weight is 186 g/mol. The van der Waals surface area contributed by atoms with Crippen LogP contribution in [0.4, 0.5) is 0 Å². The zero-order chi connectivity index (χ0) is 9.35. The Morgan fingerprint density at radius 2 is 2.08 bits per heavy atom. The van der Waals surface area contributed by atoms with E-state index in [9.17, 15) is 9.59 Å². The standard InChI is InChI=1S/C9H14O2S/c1-4-12-6-5-7(10)9(2,3)8(6)11/h6H,4-5H2,1-3H3. The topological polar surface area (TPSA) is 34.1 Å². The number of rotatable bonds is 2. The fourth-order valence-corrected chi connectivity index (χ4v) is 2.51. The van der Waals surface area contributed by atoms with Crippen molar-refractivity contribution in [3.05, 3.63) is 0 Å². The number of Topliss-reactive ketones (excluding diaryl/α,β-unsaturated/α-hetero) is 2. The second-order valence-corrected chi connectivity index (χ2v) is 5.04. The van der Waals surface area contributed by atoms with E-state index in [1.165, 1.54) is 0 Å².